The van der Waals surface area contributed by atoms with E-state index in [0.29, 0.717) is 18.1 Å². The maximum absolute atomic E-state index is 5.64. The maximum atomic E-state index is 5.64. The summed E-state index contributed by atoms with van der Waals surface area (Å²) in [6.07, 6.45) is 2.38. The third-order valence-corrected chi connectivity index (χ3v) is 3.60. The number of ether oxygens (including phenoxy) is 1. The molecule has 1 aliphatic heterocycles. The quantitative estimate of drug-likeness (QED) is 0.793. The summed E-state index contributed by atoms with van der Waals surface area (Å²) >= 11 is 0. The van der Waals surface area contributed by atoms with Crippen molar-refractivity contribution in [1.82, 2.24) is 15.5 Å². The largest absolute Gasteiger partial charge is 0.464 e. The van der Waals surface area contributed by atoms with Gasteiger partial charge in [-0.05, 0) is 6.07 Å². The maximum Gasteiger partial charge on any atom is 0.229 e. The lowest BCUT2D eigenvalue weighted by atomic mass is 10.1. The first kappa shape index (κ1) is 12.6. The van der Waals surface area contributed by atoms with Gasteiger partial charge in [0.2, 0.25) is 11.7 Å². The highest BCUT2D eigenvalue weighted by Gasteiger charge is 2.19. The Morgan fingerprint density at radius 3 is 3.14 bits per heavy atom. The number of nitrogens with one attached hydrogen (secondary N) is 1. The SMILES string of the molecule is c1ccc2c(-c3noc(CC4CNCCO4)n3)coc2c1. The number of fused-ring (bicyclic) bond motifs is 1. The van der Waals surface area contributed by atoms with Crippen LogP contribution in [-0.4, -0.2) is 35.9 Å². The van der Waals surface area contributed by atoms with E-state index >= 15 is 0 Å². The Morgan fingerprint density at radius 1 is 1.29 bits per heavy atom. The van der Waals surface area contributed by atoms with Crippen molar-refractivity contribution in [3.8, 4) is 11.4 Å². The fraction of sp³-hybridized carbons (Fsp3) is 0.333. The molecule has 2 aromatic heterocycles. The second-order valence-corrected chi connectivity index (χ2v) is 5.06. The average molecular weight is 285 g/mol. The number of rotatable bonds is 3. The summed E-state index contributed by atoms with van der Waals surface area (Å²) in [4.78, 5) is 4.45. The fourth-order valence-corrected chi connectivity index (χ4v) is 2.54. The van der Waals surface area contributed by atoms with Crippen molar-refractivity contribution in [2.75, 3.05) is 19.7 Å². The van der Waals surface area contributed by atoms with Gasteiger partial charge in [0.1, 0.15) is 11.8 Å². The molecule has 3 aromatic rings. The van der Waals surface area contributed by atoms with Crippen LogP contribution in [0.4, 0.5) is 0 Å². The van der Waals surface area contributed by atoms with Crippen LogP contribution in [0.25, 0.3) is 22.4 Å². The van der Waals surface area contributed by atoms with Gasteiger partial charge < -0.3 is 19.0 Å². The summed E-state index contributed by atoms with van der Waals surface area (Å²) in [7, 11) is 0. The van der Waals surface area contributed by atoms with Crippen molar-refractivity contribution in [2.24, 2.45) is 0 Å². The van der Waals surface area contributed by atoms with Crippen molar-refractivity contribution in [3.63, 3.8) is 0 Å². The lowest BCUT2D eigenvalue weighted by molar-refractivity contribution is 0.0246. The predicted octanol–water partition coefficient (Wildman–Crippen LogP) is 2.01. The molecule has 0 saturated carbocycles. The first-order valence-electron chi connectivity index (χ1n) is 7.01. The highest BCUT2D eigenvalue weighted by atomic mass is 16.5. The molecule has 1 N–H and O–H groups in total. The highest BCUT2D eigenvalue weighted by molar-refractivity contribution is 5.91. The molecule has 0 radical (unpaired) electrons. The summed E-state index contributed by atoms with van der Waals surface area (Å²) in [6, 6.07) is 7.80. The summed E-state index contributed by atoms with van der Waals surface area (Å²) < 4.78 is 16.5. The van der Waals surface area contributed by atoms with E-state index in [1.165, 1.54) is 0 Å². The van der Waals surface area contributed by atoms with Crippen LogP contribution in [0.15, 0.2) is 39.5 Å². The smallest absolute Gasteiger partial charge is 0.229 e. The molecule has 0 spiro atoms. The van der Waals surface area contributed by atoms with E-state index in [9.17, 15) is 0 Å². The second kappa shape index (κ2) is 5.31. The van der Waals surface area contributed by atoms with Crippen LogP contribution in [0.5, 0.6) is 0 Å². The molecule has 21 heavy (non-hydrogen) atoms. The van der Waals surface area contributed by atoms with Crippen molar-refractivity contribution in [1.29, 1.82) is 0 Å². The molecule has 3 heterocycles. The molecule has 6 nitrogen and oxygen atoms in total. The third-order valence-electron chi connectivity index (χ3n) is 3.60. The molecule has 4 rings (SSSR count). The van der Waals surface area contributed by atoms with Crippen LogP contribution < -0.4 is 5.32 Å². The number of para-hydroxylation sites is 1. The van der Waals surface area contributed by atoms with Crippen molar-refractivity contribution in [3.05, 3.63) is 36.4 Å². The Morgan fingerprint density at radius 2 is 2.24 bits per heavy atom. The molecule has 1 saturated heterocycles. The van der Waals surface area contributed by atoms with Gasteiger partial charge in [0.25, 0.3) is 0 Å². The summed E-state index contributed by atoms with van der Waals surface area (Å²) in [6.45, 7) is 2.43. The van der Waals surface area contributed by atoms with Gasteiger partial charge in [-0.25, -0.2) is 0 Å². The van der Waals surface area contributed by atoms with E-state index in [2.05, 4.69) is 15.5 Å². The van der Waals surface area contributed by atoms with Crippen LogP contribution in [-0.2, 0) is 11.2 Å². The molecule has 6 heteroatoms. The minimum absolute atomic E-state index is 0.0909. The Labute approximate surface area is 121 Å². The summed E-state index contributed by atoms with van der Waals surface area (Å²) in [5.74, 6) is 1.14. The van der Waals surface area contributed by atoms with Crippen LogP contribution in [0.1, 0.15) is 5.89 Å². The van der Waals surface area contributed by atoms with Gasteiger partial charge in [0, 0.05) is 18.5 Å². The molecule has 0 aliphatic carbocycles. The van der Waals surface area contributed by atoms with E-state index < -0.39 is 0 Å². The molecule has 1 fully saturated rings. The van der Waals surface area contributed by atoms with E-state index in [4.69, 9.17) is 13.7 Å². The molecule has 1 atom stereocenters. The zero-order chi connectivity index (χ0) is 14.1. The van der Waals surface area contributed by atoms with Crippen molar-refractivity contribution < 1.29 is 13.7 Å². The molecular formula is C15H15N3O3. The number of hydrogen-bond acceptors (Lipinski definition) is 6. The lowest BCUT2D eigenvalue weighted by Crippen LogP contribution is -2.39. The van der Waals surface area contributed by atoms with Crippen LogP contribution in [0.3, 0.4) is 0 Å². The third kappa shape index (κ3) is 2.43. The molecule has 108 valence electrons. The Kier molecular flexibility index (Phi) is 3.17. The average Bonchev–Trinajstić information content (AvgIpc) is 3.14. The minimum atomic E-state index is 0.0909. The van der Waals surface area contributed by atoms with Crippen molar-refractivity contribution in [2.45, 2.75) is 12.5 Å². The Bertz CT molecular complexity index is 743. The second-order valence-electron chi connectivity index (χ2n) is 5.06. The van der Waals surface area contributed by atoms with E-state index in [0.717, 1.165) is 36.2 Å². The molecule has 1 unspecified atom stereocenters. The van der Waals surface area contributed by atoms with Gasteiger partial charge in [-0.2, -0.15) is 4.98 Å². The minimum Gasteiger partial charge on any atom is -0.464 e. The van der Waals surface area contributed by atoms with E-state index in [1.807, 2.05) is 24.3 Å². The first-order chi connectivity index (χ1) is 10.4. The summed E-state index contributed by atoms with van der Waals surface area (Å²) in [5, 5.41) is 8.32. The normalized spacial score (nSPS) is 19.1. The van der Waals surface area contributed by atoms with Gasteiger partial charge in [0.15, 0.2) is 0 Å². The number of nitrogens with zero attached hydrogens (tertiary/aromatic N) is 2. The zero-order valence-electron chi connectivity index (χ0n) is 11.4. The number of hydrogen-bond donors (Lipinski definition) is 1. The lowest BCUT2D eigenvalue weighted by Gasteiger charge is -2.21. The Balaban J connectivity index is 1.59. The Hall–Kier alpha value is -2.18. The first-order valence-corrected chi connectivity index (χ1v) is 7.01. The van der Waals surface area contributed by atoms with Crippen LogP contribution in [0.2, 0.25) is 0 Å². The van der Waals surface area contributed by atoms with Gasteiger partial charge in [0.05, 0.1) is 24.7 Å². The fourth-order valence-electron chi connectivity index (χ4n) is 2.54. The molecule has 0 bridgehead atoms. The number of aromatic nitrogens is 2. The van der Waals surface area contributed by atoms with E-state index in [-0.39, 0.29) is 6.10 Å². The predicted molar refractivity (Wildman–Crippen MR) is 75.8 cm³/mol. The van der Waals surface area contributed by atoms with Crippen LogP contribution >= 0.6 is 0 Å². The van der Waals surface area contributed by atoms with Crippen LogP contribution in [0, 0.1) is 0 Å². The number of furan rings is 1. The number of morpholine rings is 1. The number of benzene rings is 1. The zero-order valence-corrected chi connectivity index (χ0v) is 11.4. The molecule has 0 amide bonds. The van der Waals surface area contributed by atoms with Gasteiger partial charge in [-0.15, -0.1) is 0 Å². The van der Waals surface area contributed by atoms with Gasteiger partial charge in [-0.3, -0.25) is 0 Å². The molecular weight excluding hydrogens is 270 g/mol. The monoisotopic (exact) mass is 285 g/mol. The topological polar surface area (TPSA) is 73.3 Å². The van der Waals surface area contributed by atoms with Gasteiger partial charge in [-0.1, -0.05) is 23.4 Å². The van der Waals surface area contributed by atoms with Crippen molar-refractivity contribution >= 4 is 11.0 Å². The standard InChI is InChI=1S/C15H15N3O3/c1-2-4-13-11(3-1)12(9-20-13)15-17-14(21-18-15)7-10-8-16-5-6-19-10/h1-4,9-10,16H,5-8H2. The van der Waals surface area contributed by atoms with E-state index in [1.54, 1.807) is 6.26 Å². The highest BCUT2D eigenvalue weighted by Crippen LogP contribution is 2.28. The molecule has 1 aromatic carbocycles. The summed E-state index contributed by atoms with van der Waals surface area (Å²) in [5.41, 5.74) is 1.67. The van der Waals surface area contributed by atoms with Gasteiger partial charge >= 0.3 is 0 Å². The molecule has 1 aliphatic rings.